The van der Waals surface area contributed by atoms with Crippen molar-refractivity contribution in [3.05, 3.63) is 101 Å². The number of hydrogen-bond acceptors (Lipinski definition) is 6. The van der Waals surface area contributed by atoms with E-state index in [2.05, 4.69) is 16.4 Å². The number of methoxy groups -OCH3 is 1. The molecule has 180 valence electrons. The Hall–Kier alpha value is -4.35. The Morgan fingerprint density at radius 1 is 1.11 bits per heavy atom. The Balaban J connectivity index is 1.57. The number of anilines is 1. The first-order valence-electron chi connectivity index (χ1n) is 11.3. The molecule has 36 heavy (non-hydrogen) atoms. The van der Waals surface area contributed by atoms with E-state index >= 15 is 0 Å². The molecule has 0 aliphatic carbocycles. The number of nitriles is 1. The van der Waals surface area contributed by atoms with Crippen LogP contribution in [0.2, 0.25) is 0 Å². The maximum Gasteiger partial charge on any atom is 0.278 e. The molecule has 4 rings (SSSR count). The molecule has 0 aromatic heterocycles. The van der Waals surface area contributed by atoms with Gasteiger partial charge in [0, 0.05) is 0 Å². The second kappa shape index (κ2) is 11.4. The average molecular weight is 497 g/mol. The minimum Gasteiger partial charge on any atom is -0.497 e. The second-order valence-corrected chi connectivity index (χ2v) is 9.29. The molecule has 1 aliphatic heterocycles. The number of amides is 2. The fourth-order valence-corrected chi connectivity index (χ4v) is 4.43. The van der Waals surface area contributed by atoms with E-state index in [1.165, 1.54) is 11.8 Å². The van der Waals surface area contributed by atoms with Crippen LogP contribution in [0, 0.1) is 11.3 Å². The second-order valence-electron chi connectivity index (χ2n) is 7.98. The molecule has 2 amide bonds. The van der Waals surface area contributed by atoms with Gasteiger partial charge in [-0.1, -0.05) is 66.4 Å². The van der Waals surface area contributed by atoms with E-state index < -0.39 is 5.25 Å². The lowest BCUT2D eigenvalue weighted by atomic mass is 10.1. The number of aliphatic imine (C=N–C) groups is 1. The van der Waals surface area contributed by atoms with E-state index in [-0.39, 0.29) is 11.8 Å². The molecule has 1 heterocycles. The maximum absolute atomic E-state index is 13.3. The third-order valence-electron chi connectivity index (χ3n) is 5.47. The smallest absolute Gasteiger partial charge is 0.278 e. The summed E-state index contributed by atoms with van der Waals surface area (Å²) in [5.41, 5.74) is 2.88. The predicted molar refractivity (Wildman–Crippen MR) is 142 cm³/mol. The standard InChI is InChI=1S/C28H24N4O3S/c1-19(26(33)30-24-11-7-6-10-22(24)17-29)36-28-31-25(16-20-12-14-23(35-2)15-13-20)27(34)32(28)18-21-8-4-3-5-9-21/h3-16,19H,18H2,1-2H3,(H,30,33)/b25-16-. The fraction of sp³-hybridized carbons (Fsp3) is 0.143. The van der Waals surface area contributed by atoms with Gasteiger partial charge in [-0.2, -0.15) is 5.26 Å². The van der Waals surface area contributed by atoms with Crippen molar-refractivity contribution in [1.82, 2.24) is 4.90 Å². The van der Waals surface area contributed by atoms with Crippen LogP contribution in [0.25, 0.3) is 6.08 Å². The lowest BCUT2D eigenvalue weighted by Crippen LogP contribution is -2.33. The molecule has 3 aromatic carbocycles. The summed E-state index contributed by atoms with van der Waals surface area (Å²) in [6.45, 7) is 2.07. The quantitative estimate of drug-likeness (QED) is 0.461. The Labute approximate surface area is 214 Å². The van der Waals surface area contributed by atoms with E-state index in [0.717, 1.165) is 16.9 Å². The lowest BCUT2D eigenvalue weighted by molar-refractivity contribution is -0.123. The van der Waals surface area contributed by atoms with Gasteiger partial charge in [0.25, 0.3) is 5.91 Å². The molecule has 1 N–H and O–H groups in total. The largest absolute Gasteiger partial charge is 0.497 e. The molecule has 1 aliphatic rings. The first kappa shape index (κ1) is 24.8. The summed E-state index contributed by atoms with van der Waals surface area (Å²) in [6.07, 6.45) is 1.72. The molecule has 0 radical (unpaired) electrons. The van der Waals surface area contributed by atoms with Gasteiger partial charge in [0.2, 0.25) is 5.91 Å². The van der Waals surface area contributed by atoms with E-state index in [9.17, 15) is 14.9 Å². The molecule has 0 saturated heterocycles. The first-order chi connectivity index (χ1) is 17.5. The van der Waals surface area contributed by atoms with Crippen LogP contribution in [-0.4, -0.2) is 34.2 Å². The lowest BCUT2D eigenvalue weighted by Gasteiger charge is -2.20. The van der Waals surface area contributed by atoms with Crippen molar-refractivity contribution < 1.29 is 14.3 Å². The molecule has 1 atom stereocenters. The number of benzene rings is 3. The van der Waals surface area contributed by atoms with Gasteiger partial charge in [-0.15, -0.1) is 0 Å². The summed E-state index contributed by atoms with van der Waals surface area (Å²) < 4.78 is 5.20. The molecule has 7 nitrogen and oxygen atoms in total. The van der Waals surface area contributed by atoms with Crippen molar-refractivity contribution in [3.8, 4) is 11.8 Å². The number of nitrogens with zero attached hydrogens (tertiary/aromatic N) is 3. The molecular formula is C28H24N4O3S. The Bertz CT molecular complexity index is 1360. The van der Waals surface area contributed by atoms with Crippen molar-refractivity contribution >= 4 is 40.5 Å². The molecule has 0 spiro atoms. The summed E-state index contributed by atoms with van der Waals surface area (Å²) in [4.78, 5) is 32.5. The number of nitrogens with one attached hydrogen (secondary N) is 1. The van der Waals surface area contributed by atoms with Crippen molar-refractivity contribution in [1.29, 1.82) is 5.26 Å². The van der Waals surface area contributed by atoms with E-state index in [4.69, 9.17) is 4.74 Å². The first-order valence-corrected chi connectivity index (χ1v) is 12.1. The number of hydrogen-bond donors (Lipinski definition) is 1. The highest BCUT2D eigenvalue weighted by atomic mass is 32.2. The number of rotatable bonds is 7. The summed E-state index contributed by atoms with van der Waals surface area (Å²) >= 11 is 1.20. The summed E-state index contributed by atoms with van der Waals surface area (Å²) in [5.74, 6) is 0.197. The van der Waals surface area contributed by atoms with Crippen LogP contribution in [0.4, 0.5) is 5.69 Å². The SMILES string of the molecule is COc1ccc(/C=C2\N=C(SC(C)C(=O)Nc3ccccc3C#N)N(Cc3ccccc3)C2=O)cc1. The van der Waals surface area contributed by atoms with Crippen LogP contribution in [-0.2, 0) is 16.1 Å². The van der Waals surface area contributed by atoms with Crippen LogP contribution >= 0.6 is 11.8 Å². The zero-order chi connectivity index (χ0) is 25.5. The Kier molecular flexibility index (Phi) is 7.83. The zero-order valence-corrected chi connectivity index (χ0v) is 20.7. The number of amidine groups is 1. The van der Waals surface area contributed by atoms with Crippen molar-refractivity contribution in [2.24, 2.45) is 4.99 Å². The number of para-hydroxylation sites is 1. The minimum atomic E-state index is -0.568. The Morgan fingerprint density at radius 3 is 2.50 bits per heavy atom. The molecular weight excluding hydrogens is 472 g/mol. The fourth-order valence-electron chi connectivity index (χ4n) is 3.52. The number of carbonyl (C=O) groups excluding carboxylic acids is 2. The summed E-state index contributed by atoms with van der Waals surface area (Å²) in [5, 5.41) is 12.0. The normalized spacial score (nSPS) is 14.8. The van der Waals surface area contributed by atoms with Gasteiger partial charge in [-0.05, 0) is 48.4 Å². The van der Waals surface area contributed by atoms with Gasteiger partial charge < -0.3 is 10.1 Å². The minimum absolute atomic E-state index is 0.236. The average Bonchev–Trinajstić information content (AvgIpc) is 3.18. The molecule has 3 aromatic rings. The van der Waals surface area contributed by atoms with Crippen LogP contribution in [0.15, 0.2) is 89.6 Å². The monoisotopic (exact) mass is 496 g/mol. The Morgan fingerprint density at radius 2 is 1.81 bits per heavy atom. The molecule has 0 fully saturated rings. The van der Waals surface area contributed by atoms with E-state index in [1.807, 2.05) is 54.6 Å². The third-order valence-corrected chi connectivity index (χ3v) is 6.56. The highest BCUT2D eigenvalue weighted by Gasteiger charge is 2.33. The zero-order valence-electron chi connectivity index (χ0n) is 19.8. The van der Waals surface area contributed by atoms with Crippen molar-refractivity contribution in [2.45, 2.75) is 18.7 Å². The van der Waals surface area contributed by atoms with E-state index in [0.29, 0.717) is 28.7 Å². The summed E-state index contributed by atoms with van der Waals surface area (Å²) in [6, 6.07) is 25.9. The van der Waals surface area contributed by atoms with E-state index in [1.54, 1.807) is 49.3 Å². The number of ether oxygens (including phenoxy) is 1. The molecule has 8 heteroatoms. The van der Waals surface area contributed by atoms with Crippen molar-refractivity contribution in [2.75, 3.05) is 12.4 Å². The highest BCUT2D eigenvalue weighted by Crippen LogP contribution is 2.29. The van der Waals surface area contributed by atoms with Crippen LogP contribution in [0.5, 0.6) is 5.75 Å². The van der Waals surface area contributed by atoms with Gasteiger partial charge in [0.05, 0.1) is 30.2 Å². The molecule has 1 unspecified atom stereocenters. The maximum atomic E-state index is 13.3. The number of carbonyl (C=O) groups is 2. The molecule has 0 bridgehead atoms. The van der Waals surface area contributed by atoms with Crippen LogP contribution < -0.4 is 10.1 Å². The predicted octanol–water partition coefficient (Wildman–Crippen LogP) is 5.07. The van der Waals surface area contributed by atoms with Gasteiger partial charge in [-0.25, -0.2) is 4.99 Å². The van der Waals surface area contributed by atoms with Gasteiger partial charge in [-0.3, -0.25) is 14.5 Å². The molecule has 0 saturated carbocycles. The topological polar surface area (TPSA) is 94.8 Å². The number of thioether (sulfide) groups is 1. The van der Waals surface area contributed by atoms with Crippen LogP contribution in [0.3, 0.4) is 0 Å². The summed E-state index contributed by atoms with van der Waals surface area (Å²) in [7, 11) is 1.60. The van der Waals surface area contributed by atoms with Gasteiger partial charge in [0.15, 0.2) is 5.17 Å². The van der Waals surface area contributed by atoms with Gasteiger partial charge >= 0.3 is 0 Å². The third kappa shape index (κ3) is 5.82. The van der Waals surface area contributed by atoms with Crippen LogP contribution in [0.1, 0.15) is 23.6 Å². The highest BCUT2D eigenvalue weighted by molar-refractivity contribution is 8.15. The van der Waals surface area contributed by atoms with Crippen molar-refractivity contribution in [3.63, 3.8) is 0 Å². The van der Waals surface area contributed by atoms with Gasteiger partial charge in [0.1, 0.15) is 17.5 Å².